The zero-order valence-corrected chi connectivity index (χ0v) is 16.2. The molecule has 1 saturated heterocycles. The zero-order chi connectivity index (χ0) is 20.1. The van der Waals surface area contributed by atoms with Crippen LogP contribution in [0.1, 0.15) is 44.6 Å². The molecule has 4 rings (SSSR count). The minimum atomic E-state index is -2.65. The maximum absolute atomic E-state index is 13.8. The predicted octanol–water partition coefficient (Wildman–Crippen LogP) is 4.25. The summed E-state index contributed by atoms with van der Waals surface area (Å²) in [4.78, 5) is 21.5. The van der Waals surface area contributed by atoms with Gasteiger partial charge in [-0.1, -0.05) is 20.4 Å². The monoisotopic (exact) mass is 388 g/mol. The van der Waals surface area contributed by atoms with E-state index in [1.54, 1.807) is 12.4 Å². The van der Waals surface area contributed by atoms with Crippen LogP contribution in [0.5, 0.6) is 0 Å². The molecule has 0 unspecified atom stereocenters. The third-order valence-electron chi connectivity index (χ3n) is 6.03. The lowest BCUT2D eigenvalue weighted by atomic mass is 9.90. The van der Waals surface area contributed by atoms with Gasteiger partial charge < -0.3 is 15.2 Å². The second-order valence-corrected chi connectivity index (χ2v) is 8.27. The van der Waals surface area contributed by atoms with Crippen LogP contribution < -0.4 is 5.32 Å². The molecule has 0 radical (unpaired) electrons. The molecule has 2 fully saturated rings. The molecule has 28 heavy (non-hydrogen) atoms. The van der Waals surface area contributed by atoms with Gasteiger partial charge in [0.1, 0.15) is 5.82 Å². The Morgan fingerprint density at radius 2 is 2.21 bits per heavy atom. The van der Waals surface area contributed by atoms with E-state index in [1.807, 2.05) is 11.0 Å². The number of H-pyrrole nitrogens is 1. The first-order chi connectivity index (χ1) is 13.3. The molecule has 3 heterocycles. The highest BCUT2D eigenvalue weighted by Crippen LogP contribution is 2.58. The standard InChI is InChI=1S/C21H26F2N4O/c1-4-18(28)27-11-13(5-6-17(27)12(2)3)26-19-14-7-8-24-20(14)25-10-15(19)16-9-21(16,22)23/h4,7-8,10,12-13,16-17H,1,5-6,9,11H2,2-3H3,(H2,24,25,26)/t13-,16+,17-/m1/s1. The van der Waals surface area contributed by atoms with E-state index >= 15 is 0 Å². The number of aromatic nitrogens is 2. The van der Waals surface area contributed by atoms with Crippen LogP contribution >= 0.6 is 0 Å². The Morgan fingerprint density at radius 1 is 1.46 bits per heavy atom. The molecule has 1 aliphatic carbocycles. The van der Waals surface area contributed by atoms with Gasteiger partial charge in [0.25, 0.3) is 5.92 Å². The maximum Gasteiger partial charge on any atom is 0.256 e. The van der Waals surface area contributed by atoms with E-state index in [1.165, 1.54) is 6.08 Å². The van der Waals surface area contributed by atoms with E-state index in [9.17, 15) is 13.6 Å². The van der Waals surface area contributed by atoms with Crippen molar-refractivity contribution in [3.05, 3.63) is 36.7 Å². The first-order valence-electron chi connectivity index (χ1n) is 9.85. The third kappa shape index (κ3) is 3.27. The van der Waals surface area contributed by atoms with Crippen LogP contribution in [-0.4, -0.2) is 45.3 Å². The highest BCUT2D eigenvalue weighted by Gasteiger charge is 2.58. The summed E-state index contributed by atoms with van der Waals surface area (Å²) in [5.41, 5.74) is 2.12. The van der Waals surface area contributed by atoms with Crippen molar-refractivity contribution in [3.63, 3.8) is 0 Å². The summed E-state index contributed by atoms with van der Waals surface area (Å²) in [5, 5.41) is 3.48. The third-order valence-corrected chi connectivity index (χ3v) is 6.03. The molecule has 0 aromatic heterocycles. The fourth-order valence-electron chi connectivity index (χ4n) is 4.39. The van der Waals surface area contributed by atoms with Gasteiger partial charge >= 0.3 is 0 Å². The van der Waals surface area contributed by atoms with Crippen LogP contribution in [0, 0.1) is 5.92 Å². The Labute approximate surface area is 163 Å². The topological polar surface area (TPSA) is 61.0 Å². The largest absolute Gasteiger partial charge is 0.380 e. The van der Waals surface area contributed by atoms with Gasteiger partial charge in [-0.05, 0) is 30.9 Å². The van der Waals surface area contributed by atoms with Gasteiger partial charge in [0.15, 0.2) is 0 Å². The summed E-state index contributed by atoms with van der Waals surface area (Å²) in [5.74, 6) is -2.49. The lowest BCUT2D eigenvalue weighted by Gasteiger charge is -2.42. The minimum Gasteiger partial charge on any atom is -0.380 e. The van der Waals surface area contributed by atoms with Gasteiger partial charge in [-0.3, -0.25) is 4.79 Å². The van der Waals surface area contributed by atoms with Crippen molar-refractivity contribution in [2.24, 2.45) is 5.92 Å². The van der Waals surface area contributed by atoms with Crippen LogP contribution in [-0.2, 0) is 4.79 Å². The SMILES string of the molecule is C=CC(=O)N1C[C@H](Nc2c3ccnc-3[nH]cc2[C@@H]2CC2(F)F)CC[C@@H]1C(C)C. The number of carbonyl (C=O) groups excluding carboxylic acids is 1. The number of fused-ring (bicyclic) bond motifs is 1. The molecule has 1 saturated carbocycles. The molecule has 7 heteroatoms. The van der Waals surface area contributed by atoms with Crippen molar-refractivity contribution in [3.8, 4) is 11.4 Å². The number of likely N-dealkylation sites (tertiary alicyclic amines) is 1. The Kier molecular flexibility index (Phi) is 4.63. The van der Waals surface area contributed by atoms with E-state index in [0.29, 0.717) is 29.5 Å². The number of rotatable bonds is 5. The van der Waals surface area contributed by atoms with Crippen molar-refractivity contribution in [1.29, 1.82) is 0 Å². The number of pyridine rings is 1. The smallest absolute Gasteiger partial charge is 0.256 e. The molecular formula is C21H26F2N4O. The van der Waals surface area contributed by atoms with Gasteiger partial charge in [0, 0.05) is 48.6 Å². The lowest BCUT2D eigenvalue weighted by molar-refractivity contribution is -0.130. The quantitative estimate of drug-likeness (QED) is 0.753. The van der Waals surface area contributed by atoms with Crippen molar-refractivity contribution in [2.75, 3.05) is 11.9 Å². The van der Waals surface area contributed by atoms with Gasteiger partial charge in [-0.15, -0.1) is 0 Å². The fourth-order valence-corrected chi connectivity index (χ4v) is 4.39. The Hall–Kier alpha value is -2.44. The second-order valence-electron chi connectivity index (χ2n) is 8.27. The number of nitrogens with one attached hydrogen (secondary N) is 2. The van der Waals surface area contributed by atoms with Crippen LogP contribution in [0.15, 0.2) is 31.1 Å². The average Bonchev–Trinajstić information content (AvgIpc) is 3.06. The number of nitrogens with zero attached hydrogens (tertiary/aromatic N) is 2. The number of hydrogen-bond acceptors (Lipinski definition) is 3. The van der Waals surface area contributed by atoms with E-state index in [2.05, 4.69) is 35.7 Å². The van der Waals surface area contributed by atoms with Crippen LogP contribution in [0.25, 0.3) is 11.4 Å². The molecular weight excluding hydrogens is 362 g/mol. The summed E-state index contributed by atoms with van der Waals surface area (Å²) in [6.07, 6.45) is 6.28. The molecule has 0 spiro atoms. The fraction of sp³-hybridized carbons (Fsp3) is 0.524. The molecule has 2 N–H and O–H groups in total. The molecule has 4 aliphatic rings. The van der Waals surface area contributed by atoms with E-state index < -0.39 is 11.8 Å². The summed E-state index contributed by atoms with van der Waals surface area (Å²) in [6.45, 7) is 8.38. The molecule has 3 atom stereocenters. The second kappa shape index (κ2) is 6.87. The summed E-state index contributed by atoms with van der Waals surface area (Å²) < 4.78 is 27.6. The number of piperidine rings is 1. The number of carbonyl (C=O) groups is 1. The molecule has 0 bridgehead atoms. The van der Waals surface area contributed by atoms with Gasteiger partial charge in [-0.25, -0.2) is 13.8 Å². The van der Waals surface area contributed by atoms with Gasteiger partial charge in [0.05, 0.1) is 11.6 Å². The van der Waals surface area contributed by atoms with Crippen LogP contribution in [0.4, 0.5) is 14.5 Å². The summed E-state index contributed by atoms with van der Waals surface area (Å²) in [7, 11) is 0. The van der Waals surface area contributed by atoms with Gasteiger partial charge in [-0.2, -0.15) is 0 Å². The normalized spacial score (nSPS) is 26.5. The van der Waals surface area contributed by atoms with Crippen molar-refractivity contribution in [1.82, 2.24) is 14.9 Å². The first-order valence-corrected chi connectivity index (χ1v) is 9.85. The number of aromatic amines is 1. The number of halogens is 2. The average molecular weight is 388 g/mol. The number of hydrogen-bond donors (Lipinski definition) is 2. The Bertz CT molecular complexity index is 862. The number of amides is 1. The predicted molar refractivity (Wildman–Crippen MR) is 105 cm³/mol. The van der Waals surface area contributed by atoms with Crippen molar-refractivity contribution >= 4 is 11.6 Å². The van der Waals surface area contributed by atoms with E-state index in [-0.39, 0.29) is 24.4 Å². The summed E-state index contributed by atoms with van der Waals surface area (Å²) in [6, 6.07) is 2.00. The Morgan fingerprint density at radius 3 is 2.86 bits per heavy atom. The molecule has 5 nitrogen and oxygen atoms in total. The maximum atomic E-state index is 13.8. The molecule has 3 aliphatic heterocycles. The summed E-state index contributed by atoms with van der Waals surface area (Å²) >= 11 is 0. The highest BCUT2D eigenvalue weighted by molar-refractivity contribution is 5.87. The highest BCUT2D eigenvalue weighted by atomic mass is 19.3. The lowest BCUT2D eigenvalue weighted by Crippen LogP contribution is -2.52. The van der Waals surface area contributed by atoms with Crippen LogP contribution in [0.2, 0.25) is 0 Å². The molecule has 1 amide bonds. The van der Waals surface area contributed by atoms with E-state index in [0.717, 1.165) is 18.4 Å². The zero-order valence-electron chi connectivity index (χ0n) is 16.2. The number of alkyl halides is 2. The van der Waals surface area contributed by atoms with Crippen molar-refractivity contribution < 1.29 is 13.6 Å². The molecule has 150 valence electrons. The minimum absolute atomic E-state index is 0.00878. The van der Waals surface area contributed by atoms with Crippen molar-refractivity contribution in [2.45, 2.75) is 57.0 Å². The van der Waals surface area contributed by atoms with E-state index in [4.69, 9.17) is 0 Å². The number of anilines is 1. The molecule has 0 aromatic carbocycles. The Balaban J connectivity index is 1.62. The van der Waals surface area contributed by atoms with Gasteiger partial charge in [0.2, 0.25) is 5.91 Å². The molecule has 0 aromatic rings. The first kappa shape index (κ1) is 18.9. The van der Waals surface area contributed by atoms with Crippen LogP contribution in [0.3, 0.4) is 0 Å².